The summed E-state index contributed by atoms with van der Waals surface area (Å²) in [6.07, 6.45) is 13.0. The Hall–Kier alpha value is -13.6. The first kappa shape index (κ1) is 74.0. The normalized spacial score (nSPS) is 17.0. The van der Waals surface area contributed by atoms with Gasteiger partial charge in [0.2, 0.25) is 0 Å². The quantitative estimate of drug-likeness (QED) is 0.118. The van der Waals surface area contributed by atoms with E-state index in [1.54, 1.807) is 24.3 Å². The zero-order chi connectivity index (χ0) is 80.9. The number of hydrogen-bond donors (Lipinski definition) is 0. The molecular weight excluding hydrogens is 1490 g/mol. The van der Waals surface area contributed by atoms with Gasteiger partial charge in [0.15, 0.2) is 39.9 Å². The van der Waals surface area contributed by atoms with Crippen molar-refractivity contribution in [2.75, 3.05) is 76.6 Å². The van der Waals surface area contributed by atoms with Crippen LogP contribution in [0, 0.1) is 11.6 Å². The fraction of sp³-hybridized carbons (Fsp3) is 0.156. The van der Waals surface area contributed by atoms with Gasteiger partial charge >= 0.3 is 0 Å². The fourth-order valence-corrected chi connectivity index (χ4v) is 20.0. The Morgan fingerprint density at radius 2 is 0.800 bits per heavy atom. The summed E-state index contributed by atoms with van der Waals surface area (Å²) in [5, 5.41) is 12.2. The summed E-state index contributed by atoms with van der Waals surface area (Å²) in [6, 6.07) is 108. The van der Waals surface area contributed by atoms with Crippen molar-refractivity contribution < 1.29 is 41.9 Å². The lowest BCUT2D eigenvalue weighted by atomic mass is 9.68. The molecule has 1 unspecified atom stereocenters. The Balaban J connectivity index is 0.000000117. The van der Waals surface area contributed by atoms with E-state index in [4.69, 9.17) is 33.2 Å². The van der Waals surface area contributed by atoms with E-state index in [9.17, 15) is 8.78 Å². The van der Waals surface area contributed by atoms with E-state index in [-0.39, 0.29) is 11.5 Å². The first-order chi connectivity index (χ1) is 59.0. The molecule has 16 aromatic carbocycles. The van der Waals surface area contributed by atoms with Crippen molar-refractivity contribution in [2.45, 2.75) is 42.0 Å². The highest BCUT2D eigenvalue weighted by atomic mass is 19.1. The molecule has 120 heavy (non-hydrogen) atoms. The smallest absolute Gasteiger partial charge is 0.178 e. The lowest BCUT2D eigenvalue weighted by Gasteiger charge is -2.39. The van der Waals surface area contributed by atoms with E-state index in [1.807, 2.05) is 30.4 Å². The van der Waals surface area contributed by atoms with Crippen LogP contribution in [-0.4, -0.2) is 66.8 Å². The summed E-state index contributed by atoms with van der Waals surface area (Å²) in [5.74, 6) is 2.12. The van der Waals surface area contributed by atoms with Crippen LogP contribution in [0.3, 0.4) is 0 Å². The van der Waals surface area contributed by atoms with Crippen LogP contribution in [0.5, 0.6) is 28.7 Å². The Morgan fingerprint density at radius 3 is 1.36 bits per heavy atom. The molecule has 588 valence electrons. The molecule has 23 rings (SSSR count). The standard InChI is InChI=1S/C50H35NO2.C31H27F2NO4.C28H24O/c1-2-12-34(13-3-1)49(35-22-24-36(25-23-35)51-28-30-52-31-29-51)27-26-40-47-46(37-14-4-5-15-38(37)48(40)53-49)39-16-6-7-17-41(39)50(47)42-18-8-10-32-20-21-33-11-9-19-43(50)45(33)44(32)42;1-35-28-9-7-20(17-25(28)32)31(21-8-10-29(36-2)26(33)18-21)12-11-24-22-5-3-4-6-23(22)27(19-30(24)38-31)34-13-15-37-16-14-34;1-20(2)26-19-21-11-9-10-16-24(21)27-25(26)17-18-28(29-27,22-12-5-3-6-13-22)23-14-7-4-8-15-23/h1-27H,28-31H2;3-12,17-19H,13-16H2,1-2H3;3-20H,1-2H3. The fourth-order valence-electron chi connectivity index (χ4n) is 20.0. The Kier molecular flexibility index (Phi) is 18.4. The van der Waals surface area contributed by atoms with Gasteiger partial charge in [-0.05, 0) is 143 Å². The molecule has 9 nitrogen and oxygen atoms in total. The van der Waals surface area contributed by atoms with Gasteiger partial charge in [-0.25, -0.2) is 8.78 Å². The third-order valence-electron chi connectivity index (χ3n) is 25.6. The van der Waals surface area contributed by atoms with Crippen LogP contribution in [-0.2, 0) is 31.7 Å². The van der Waals surface area contributed by atoms with E-state index in [0.717, 1.165) is 112 Å². The molecule has 7 aliphatic rings. The minimum atomic E-state index is -1.29. The number of anilines is 2. The maximum atomic E-state index is 15.0. The molecule has 0 amide bonds. The zero-order valence-corrected chi connectivity index (χ0v) is 67.2. The summed E-state index contributed by atoms with van der Waals surface area (Å²) < 4.78 is 73.0. The first-order valence-electron chi connectivity index (χ1n) is 41.5. The highest BCUT2D eigenvalue weighted by molar-refractivity contribution is 6.20. The third-order valence-corrected chi connectivity index (χ3v) is 25.6. The predicted octanol–water partition coefficient (Wildman–Crippen LogP) is 24.6. The van der Waals surface area contributed by atoms with Crippen molar-refractivity contribution in [3.63, 3.8) is 0 Å². The molecule has 0 bridgehead atoms. The Bertz CT molecular complexity index is 6670. The number of methoxy groups -OCH3 is 2. The molecule has 0 aromatic heterocycles. The van der Waals surface area contributed by atoms with E-state index < -0.39 is 33.9 Å². The Morgan fingerprint density at radius 1 is 0.358 bits per heavy atom. The van der Waals surface area contributed by atoms with Crippen LogP contribution in [0.1, 0.15) is 97.7 Å². The summed E-state index contributed by atoms with van der Waals surface area (Å²) in [5.41, 5.74) is 17.1. The van der Waals surface area contributed by atoms with Gasteiger partial charge in [0, 0.05) is 110 Å². The molecule has 5 heterocycles. The molecule has 1 atom stereocenters. The minimum Gasteiger partial charge on any atom is -0.494 e. The molecule has 2 saturated heterocycles. The molecule has 0 N–H and O–H groups in total. The average Bonchev–Trinajstić information content (AvgIpc) is 1.48. The van der Waals surface area contributed by atoms with Crippen LogP contribution in [0.25, 0.3) is 83.2 Å². The number of morpholine rings is 2. The molecule has 2 fully saturated rings. The van der Waals surface area contributed by atoms with Crippen molar-refractivity contribution >= 4 is 83.5 Å². The number of halogens is 2. The first-order valence-corrected chi connectivity index (χ1v) is 41.5. The minimum absolute atomic E-state index is 0.116. The number of rotatable bonds is 11. The number of hydrogen-bond acceptors (Lipinski definition) is 9. The van der Waals surface area contributed by atoms with Crippen molar-refractivity contribution in [1.29, 1.82) is 0 Å². The number of nitrogens with zero attached hydrogens (tertiary/aromatic N) is 2. The highest BCUT2D eigenvalue weighted by Gasteiger charge is 2.54. The van der Waals surface area contributed by atoms with Crippen LogP contribution >= 0.6 is 0 Å². The largest absolute Gasteiger partial charge is 0.494 e. The molecule has 0 radical (unpaired) electrons. The summed E-state index contributed by atoms with van der Waals surface area (Å²) in [7, 11) is 2.83. The monoisotopic (exact) mass is 1570 g/mol. The molecule has 2 aliphatic carbocycles. The van der Waals surface area contributed by atoms with Crippen molar-refractivity contribution in [3.05, 3.63) is 417 Å². The van der Waals surface area contributed by atoms with Gasteiger partial charge in [-0.15, -0.1) is 0 Å². The van der Waals surface area contributed by atoms with Crippen molar-refractivity contribution in [1.82, 2.24) is 0 Å². The lowest BCUT2D eigenvalue weighted by Crippen LogP contribution is -2.37. The van der Waals surface area contributed by atoms with Crippen molar-refractivity contribution in [3.8, 4) is 39.9 Å². The molecule has 16 aromatic rings. The lowest BCUT2D eigenvalue weighted by molar-refractivity contribution is 0.122. The third kappa shape index (κ3) is 11.7. The van der Waals surface area contributed by atoms with Crippen LogP contribution in [0.4, 0.5) is 20.2 Å². The number of fused-ring (bicyclic) bond motifs is 18. The summed E-state index contributed by atoms with van der Waals surface area (Å²) in [4.78, 5) is 4.69. The second kappa shape index (κ2) is 29.8. The second-order valence-corrected chi connectivity index (χ2v) is 32.2. The van der Waals surface area contributed by atoms with Gasteiger partial charge < -0.3 is 43.0 Å². The predicted molar refractivity (Wildman–Crippen MR) is 481 cm³/mol. The maximum Gasteiger partial charge on any atom is 0.178 e. The van der Waals surface area contributed by atoms with E-state index in [1.165, 1.54) is 109 Å². The van der Waals surface area contributed by atoms with Crippen LogP contribution in [0.2, 0.25) is 0 Å². The van der Waals surface area contributed by atoms with E-state index >= 15 is 0 Å². The molecule has 11 heteroatoms. The molecular formula is C109H86F2N2O7. The number of benzene rings is 16. The van der Waals surface area contributed by atoms with Crippen LogP contribution in [0.15, 0.2) is 328 Å². The second-order valence-electron chi connectivity index (χ2n) is 32.2. The number of ether oxygens (including phenoxy) is 7. The van der Waals surface area contributed by atoms with Gasteiger partial charge in [-0.3, -0.25) is 0 Å². The maximum absolute atomic E-state index is 15.0. The summed E-state index contributed by atoms with van der Waals surface area (Å²) >= 11 is 0. The molecule has 0 saturated carbocycles. The highest BCUT2D eigenvalue weighted by Crippen LogP contribution is 2.67. The van der Waals surface area contributed by atoms with Crippen LogP contribution < -0.4 is 33.5 Å². The summed E-state index contributed by atoms with van der Waals surface area (Å²) in [6.45, 7) is 10.6. The van der Waals surface area contributed by atoms with Crippen molar-refractivity contribution in [2.24, 2.45) is 0 Å². The SMILES string of the molecule is C1=CC(c2ccccc2)(c2ccc(N3CCOCC3)cc2)Oc2c1c1c(c3ccccc23)-c2ccccc2C12c1cccc3ccc4cccc2c4c13.CC(C)c1cc2ccccc2c2c1C=CC(c1ccccc1)(c1ccccc1)O2.COc1ccc(C2(c3ccc(OC)c(F)c3)C=Cc3c(cc(N4CCOCC4)c4ccccc34)O2)cc1F. The van der Waals surface area contributed by atoms with Gasteiger partial charge in [0.25, 0.3) is 0 Å². The van der Waals surface area contributed by atoms with Gasteiger partial charge in [-0.2, -0.15) is 0 Å². The molecule has 1 spiro atoms. The zero-order valence-electron chi connectivity index (χ0n) is 67.2. The average molecular weight is 1570 g/mol. The van der Waals surface area contributed by atoms with Gasteiger partial charge in [-0.1, -0.05) is 293 Å². The van der Waals surface area contributed by atoms with Gasteiger partial charge in [0.05, 0.1) is 46.1 Å². The van der Waals surface area contributed by atoms with E-state index in [2.05, 4.69) is 303 Å². The van der Waals surface area contributed by atoms with E-state index in [0.29, 0.717) is 36.0 Å². The Labute approximate surface area is 696 Å². The topological polar surface area (TPSA) is 71.1 Å². The van der Waals surface area contributed by atoms with Gasteiger partial charge in [0.1, 0.15) is 17.2 Å². The molecule has 5 aliphatic heterocycles.